The van der Waals surface area contributed by atoms with Gasteiger partial charge in [0.2, 0.25) is 5.91 Å². The number of sulfonamides is 1. The third-order valence-electron chi connectivity index (χ3n) is 5.27. The lowest BCUT2D eigenvalue weighted by atomic mass is 9.92. The van der Waals surface area contributed by atoms with Crippen LogP contribution in [0.5, 0.6) is 5.75 Å². The number of hydrogen-bond donors (Lipinski definition) is 1. The quantitative estimate of drug-likeness (QED) is 0.693. The first-order chi connectivity index (χ1) is 14.4. The van der Waals surface area contributed by atoms with Crippen LogP contribution in [0, 0.1) is 24.1 Å². The average Bonchev–Trinajstić information content (AvgIpc) is 2.75. The Morgan fingerprint density at radius 1 is 1.19 bits per heavy atom. The second-order valence-electron chi connectivity index (χ2n) is 9.01. The van der Waals surface area contributed by atoms with E-state index in [1.165, 1.54) is 19.1 Å². The number of benzene rings is 2. The van der Waals surface area contributed by atoms with Crippen LogP contribution in [0.1, 0.15) is 39.7 Å². The molecule has 0 aliphatic carbocycles. The van der Waals surface area contributed by atoms with Gasteiger partial charge in [-0.1, -0.05) is 13.8 Å². The number of nitrogens with zero attached hydrogens (tertiary/aromatic N) is 1. The van der Waals surface area contributed by atoms with Crippen LogP contribution in [0.2, 0.25) is 0 Å². The molecule has 0 bridgehead atoms. The van der Waals surface area contributed by atoms with Crippen molar-refractivity contribution in [2.75, 3.05) is 22.8 Å². The number of anilines is 2. The highest BCUT2D eigenvalue weighted by Crippen LogP contribution is 2.39. The van der Waals surface area contributed by atoms with Crippen molar-refractivity contribution in [2.24, 2.45) is 11.3 Å². The third-order valence-corrected chi connectivity index (χ3v) is 6.81. The van der Waals surface area contributed by atoms with Crippen molar-refractivity contribution in [3.05, 3.63) is 47.8 Å². The van der Waals surface area contributed by atoms with Crippen molar-refractivity contribution in [1.29, 1.82) is 0 Å². The fraction of sp³-hybridized carbons (Fsp3) is 0.435. The summed E-state index contributed by atoms with van der Waals surface area (Å²) in [5.74, 6) is 0.345. The van der Waals surface area contributed by atoms with Crippen LogP contribution in [0.15, 0.2) is 41.3 Å². The van der Waals surface area contributed by atoms with E-state index in [-0.39, 0.29) is 17.4 Å². The minimum atomic E-state index is -3.92. The van der Waals surface area contributed by atoms with Crippen molar-refractivity contribution < 1.29 is 22.3 Å². The molecule has 1 N–H and O–H groups in total. The number of rotatable bonds is 6. The van der Waals surface area contributed by atoms with E-state index >= 15 is 0 Å². The van der Waals surface area contributed by atoms with E-state index in [2.05, 4.69) is 18.6 Å². The number of halogens is 1. The third kappa shape index (κ3) is 5.01. The lowest BCUT2D eigenvalue weighted by Gasteiger charge is -2.28. The van der Waals surface area contributed by atoms with E-state index in [0.717, 1.165) is 12.5 Å². The van der Waals surface area contributed by atoms with Gasteiger partial charge < -0.3 is 9.64 Å². The summed E-state index contributed by atoms with van der Waals surface area (Å²) in [5.41, 5.74) is 0.530. The molecule has 168 valence electrons. The SMILES string of the molecule is Cc1cc(F)ccc1S(=O)(=O)Nc1ccc2c(c1)OCC(C)(C)C(=O)N2CCC(C)C. The Hall–Kier alpha value is -2.61. The van der Waals surface area contributed by atoms with E-state index < -0.39 is 21.3 Å². The molecule has 0 saturated carbocycles. The first-order valence-electron chi connectivity index (χ1n) is 10.3. The fourth-order valence-electron chi connectivity index (χ4n) is 3.44. The largest absolute Gasteiger partial charge is 0.490 e. The lowest BCUT2D eigenvalue weighted by Crippen LogP contribution is -2.42. The zero-order valence-electron chi connectivity index (χ0n) is 18.5. The number of ether oxygens (including phenoxy) is 1. The molecule has 6 nitrogen and oxygen atoms in total. The molecule has 0 fully saturated rings. The van der Waals surface area contributed by atoms with Crippen molar-refractivity contribution in [3.8, 4) is 5.75 Å². The van der Waals surface area contributed by atoms with Crippen LogP contribution in [-0.2, 0) is 14.8 Å². The fourth-order valence-corrected chi connectivity index (χ4v) is 4.72. The van der Waals surface area contributed by atoms with E-state index in [9.17, 15) is 17.6 Å². The van der Waals surface area contributed by atoms with Gasteiger partial charge in [-0.2, -0.15) is 0 Å². The average molecular weight is 449 g/mol. The summed E-state index contributed by atoms with van der Waals surface area (Å²) in [4.78, 5) is 14.8. The molecule has 0 spiro atoms. The van der Waals surface area contributed by atoms with E-state index in [1.807, 2.05) is 13.8 Å². The number of carbonyl (C=O) groups is 1. The molecule has 0 unspecified atom stereocenters. The van der Waals surface area contributed by atoms with Crippen LogP contribution in [0.25, 0.3) is 0 Å². The summed E-state index contributed by atoms with van der Waals surface area (Å²) in [5, 5.41) is 0. The monoisotopic (exact) mass is 448 g/mol. The van der Waals surface area contributed by atoms with Gasteiger partial charge in [0.1, 0.15) is 18.2 Å². The van der Waals surface area contributed by atoms with Crippen LogP contribution in [-0.4, -0.2) is 27.5 Å². The topological polar surface area (TPSA) is 75.7 Å². The van der Waals surface area contributed by atoms with Gasteiger partial charge in [-0.15, -0.1) is 0 Å². The Morgan fingerprint density at radius 2 is 1.90 bits per heavy atom. The maximum Gasteiger partial charge on any atom is 0.262 e. The van der Waals surface area contributed by atoms with Gasteiger partial charge in [-0.25, -0.2) is 12.8 Å². The van der Waals surface area contributed by atoms with Gasteiger partial charge in [-0.05, 0) is 69.0 Å². The van der Waals surface area contributed by atoms with Gasteiger partial charge >= 0.3 is 0 Å². The van der Waals surface area contributed by atoms with Crippen molar-refractivity contribution >= 4 is 27.3 Å². The minimum Gasteiger partial charge on any atom is -0.490 e. The van der Waals surface area contributed by atoms with Crippen molar-refractivity contribution in [3.63, 3.8) is 0 Å². The molecule has 0 radical (unpaired) electrons. The highest BCUT2D eigenvalue weighted by Gasteiger charge is 2.37. The molecule has 8 heteroatoms. The van der Waals surface area contributed by atoms with Gasteiger partial charge in [-0.3, -0.25) is 9.52 Å². The molecule has 2 aromatic carbocycles. The molecule has 0 atom stereocenters. The summed E-state index contributed by atoms with van der Waals surface area (Å²) in [6, 6.07) is 8.42. The maximum absolute atomic E-state index is 13.4. The first-order valence-corrected chi connectivity index (χ1v) is 11.8. The highest BCUT2D eigenvalue weighted by molar-refractivity contribution is 7.92. The Balaban J connectivity index is 1.95. The van der Waals surface area contributed by atoms with Gasteiger partial charge in [0.05, 0.1) is 21.7 Å². The zero-order valence-corrected chi connectivity index (χ0v) is 19.3. The molecule has 1 amide bonds. The smallest absolute Gasteiger partial charge is 0.262 e. The van der Waals surface area contributed by atoms with E-state index in [0.29, 0.717) is 35.2 Å². The molecular weight excluding hydrogens is 419 g/mol. The molecule has 31 heavy (non-hydrogen) atoms. The molecule has 1 heterocycles. The summed E-state index contributed by atoms with van der Waals surface area (Å²) in [6.07, 6.45) is 0.833. The second-order valence-corrected chi connectivity index (χ2v) is 10.7. The molecule has 1 aliphatic rings. The summed E-state index contributed by atoms with van der Waals surface area (Å²) < 4.78 is 47.5. The molecule has 2 aromatic rings. The number of aryl methyl sites for hydroxylation is 1. The van der Waals surface area contributed by atoms with Crippen molar-refractivity contribution in [2.45, 2.75) is 45.9 Å². The lowest BCUT2D eigenvalue weighted by molar-refractivity contribution is -0.127. The number of carbonyl (C=O) groups excluding carboxylic acids is 1. The maximum atomic E-state index is 13.4. The van der Waals surface area contributed by atoms with Crippen LogP contribution in [0.4, 0.5) is 15.8 Å². The van der Waals surface area contributed by atoms with Crippen LogP contribution in [0.3, 0.4) is 0 Å². The molecule has 0 saturated heterocycles. The molecule has 0 aromatic heterocycles. The summed E-state index contributed by atoms with van der Waals surface area (Å²) >= 11 is 0. The van der Waals surface area contributed by atoms with E-state index in [1.54, 1.807) is 23.1 Å². The predicted molar refractivity (Wildman–Crippen MR) is 119 cm³/mol. The molecular formula is C23H29FN2O4S. The summed E-state index contributed by atoms with van der Waals surface area (Å²) in [7, 11) is -3.92. The Labute approximate surface area is 183 Å². The van der Waals surface area contributed by atoms with Gasteiger partial charge in [0.25, 0.3) is 10.0 Å². The minimum absolute atomic E-state index is 0.000340. The Bertz CT molecular complexity index is 1100. The van der Waals surface area contributed by atoms with Crippen LogP contribution >= 0.6 is 0 Å². The highest BCUT2D eigenvalue weighted by atomic mass is 32.2. The van der Waals surface area contributed by atoms with Gasteiger partial charge in [0.15, 0.2) is 0 Å². The van der Waals surface area contributed by atoms with E-state index in [4.69, 9.17) is 4.74 Å². The second kappa shape index (κ2) is 8.49. The number of amides is 1. The van der Waals surface area contributed by atoms with Crippen molar-refractivity contribution in [1.82, 2.24) is 0 Å². The zero-order chi connectivity index (χ0) is 23.0. The number of fused-ring (bicyclic) bond motifs is 1. The number of nitrogens with one attached hydrogen (secondary N) is 1. The molecule has 1 aliphatic heterocycles. The standard InChI is InChI=1S/C23H29FN2O4S/c1-15(2)10-11-26-19-8-7-18(13-20(19)30-14-23(4,5)22(26)27)25-31(28,29)21-9-6-17(24)12-16(21)3/h6-9,12-13,15,25H,10-11,14H2,1-5H3. The first kappa shape index (κ1) is 23.1. The normalized spacial score (nSPS) is 16.0. The number of hydrogen-bond acceptors (Lipinski definition) is 4. The molecule has 3 rings (SSSR count). The predicted octanol–water partition coefficient (Wildman–Crippen LogP) is 4.73. The Kier molecular flexibility index (Phi) is 6.32. The Morgan fingerprint density at radius 3 is 2.55 bits per heavy atom. The van der Waals surface area contributed by atoms with Crippen LogP contribution < -0.4 is 14.4 Å². The van der Waals surface area contributed by atoms with Gasteiger partial charge in [0, 0.05) is 12.6 Å². The summed E-state index contributed by atoms with van der Waals surface area (Å²) in [6.45, 7) is 10.1.